The van der Waals surface area contributed by atoms with E-state index in [1.807, 2.05) is 13.1 Å². The summed E-state index contributed by atoms with van der Waals surface area (Å²) in [7, 11) is 8.08. The van der Waals surface area contributed by atoms with E-state index in [2.05, 4.69) is 0 Å². The first-order valence-corrected chi connectivity index (χ1v) is 11.2. The lowest BCUT2D eigenvalue weighted by molar-refractivity contribution is -0.917. The van der Waals surface area contributed by atoms with Crippen molar-refractivity contribution >= 4 is 17.8 Å². The summed E-state index contributed by atoms with van der Waals surface area (Å²) in [6, 6.07) is 5.38. The molecule has 0 spiro atoms. The zero-order valence-electron chi connectivity index (χ0n) is 21.0. The standard InChI is InChI=1S/C26H30NO8.BrH/c1-27(14-22(29)32-4)11-10-18-19(13-27)24(33-5)26-25(34-15-35-26)23(18)20(28)9-7-16-6-8-17(30-2)12-21(16)31-3;/h6-9,12H,10-11,13-15H2,1-5H3;1H/q+1;/p-1/b9-7+;. The summed E-state index contributed by atoms with van der Waals surface area (Å²) in [5, 5.41) is 0. The number of halogens is 1. The first kappa shape index (κ1) is 27.3. The highest BCUT2D eigenvalue weighted by Crippen LogP contribution is 2.50. The molecule has 2 heterocycles. The van der Waals surface area contributed by atoms with E-state index < -0.39 is 0 Å². The molecule has 1 unspecified atom stereocenters. The van der Waals surface area contributed by atoms with Gasteiger partial charge >= 0.3 is 5.97 Å². The molecular formula is C26H30BrNO8. The Bertz CT molecular complexity index is 1200. The van der Waals surface area contributed by atoms with Crippen LogP contribution in [0, 0.1) is 0 Å². The first-order chi connectivity index (χ1) is 16.8. The molecule has 2 aliphatic rings. The normalized spacial score (nSPS) is 17.7. The third kappa shape index (κ3) is 5.15. The fourth-order valence-corrected chi connectivity index (χ4v) is 4.67. The van der Waals surface area contributed by atoms with Gasteiger partial charge in [-0.25, -0.2) is 4.79 Å². The Morgan fingerprint density at radius 1 is 1.03 bits per heavy atom. The predicted molar refractivity (Wildman–Crippen MR) is 127 cm³/mol. The maximum absolute atomic E-state index is 13.5. The van der Waals surface area contributed by atoms with Crippen molar-refractivity contribution in [2.24, 2.45) is 0 Å². The van der Waals surface area contributed by atoms with Crippen LogP contribution in [0.3, 0.4) is 0 Å². The number of likely N-dealkylation sites (N-methyl/N-ethyl adjacent to an activating group) is 1. The number of carbonyl (C=O) groups is 2. The van der Waals surface area contributed by atoms with E-state index in [0.717, 1.165) is 16.7 Å². The molecule has 1 atom stereocenters. The third-order valence-corrected chi connectivity index (χ3v) is 6.47. The van der Waals surface area contributed by atoms with Crippen molar-refractivity contribution in [2.75, 3.05) is 55.4 Å². The Morgan fingerprint density at radius 2 is 1.78 bits per heavy atom. The number of methoxy groups -OCH3 is 4. The molecule has 0 bridgehead atoms. The zero-order chi connectivity index (χ0) is 25.2. The molecule has 10 heteroatoms. The SMILES string of the molecule is COC(=O)C[N+]1(C)CCc2c(c(OC)c3c(c2C(=O)/C=C/c2ccc(OC)cc2OC)OCO3)C1.[Br-]. The van der Waals surface area contributed by atoms with Crippen molar-refractivity contribution in [1.82, 2.24) is 0 Å². The molecule has 36 heavy (non-hydrogen) atoms. The molecule has 194 valence electrons. The van der Waals surface area contributed by atoms with E-state index >= 15 is 0 Å². The maximum Gasteiger partial charge on any atom is 0.361 e. The summed E-state index contributed by atoms with van der Waals surface area (Å²) >= 11 is 0. The first-order valence-electron chi connectivity index (χ1n) is 11.2. The fourth-order valence-electron chi connectivity index (χ4n) is 4.67. The van der Waals surface area contributed by atoms with Crippen molar-refractivity contribution in [3.63, 3.8) is 0 Å². The van der Waals surface area contributed by atoms with Crippen LogP contribution in [-0.4, -0.2) is 71.6 Å². The smallest absolute Gasteiger partial charge is 0.361 e. The summed E-state index contributed by atoms with van der Waals surface area (Å²) in [6.45, 7) is 1.36. The number of quaternary nitrogens is 1. The molecule has 4 rings (SSSR count). The minimum absolute atomic E-state index is 0. The summed E-state index contributed by atoms with van der Waals surface area (Å²) in [5.41, 5.74) is 2.89. The number of allylic oxidation sites excluding steroid dienone is 1. The van der Waals surface area contributed by atoms with Crippen LogP contribution in [-0.2, 0) is 22.5 Å². The molecule has 2 aromatic rings. The molecule has 0 radical (unpaired) electrons. The Labute approximate surface area is 220 Å². The number of esters is 1. The van der Waals surface area contributed by atoms with Gasteiger partial charge in [0.2, 0.25) is 12.5 Å². The Kier molecular flexibility index (Phi) is 8.52. The summed E-state index contributed by atoms with van der Waals surface area (Å²) in [6.07, 6.45) is 3.78. The van der Waals surface area contributed by atoms with Gasteiger partial charge < -0.3 is 49.9 Å². The summed E-state index contributed by atoms with van der Waals surface area (Å²) in [5.74, 6) is 2.09. The van der Waals surface area contributed by atoms with Crippen LogP contribution >= 0.6 is 0 Å². The van der Waals surface area contributed by atoms with Crippen LogP contribution in [0.5, 0.6) is 28.7 Å². The van der Waals surface area contributed by atoms with Crippen molar-refractivity contribution in [2.45, 2.75) is 13.0 Å². The van der Waals surface area contributed by atoms with Gasteiger partial charge in [-0.15, -0.1) is 0 Å². The molecular weight excluding hydrogens is 534 g/mol. The number of ether oxygens (including phenoxy) is 6. The van der Waals surface area contributed by atoms with Crippen LogP contribution < -0.4 is 40.7 Å². The molecule has 0 amide bonds. The van der Waals surface area contributed by atoms with Crippen LogP contribution in [0.15, 0.2) is 24.3 Å². The maximum atomic E-state index is 13.5. The molecule has 2 aromatic carbocycles. The van der Waals surface area contributed by atoms with Crippen LogP contribution in [0.4, 0.5) is 0 Å². The van der Waals surface area contributed by atoms with E-state index in [1.54, 1.807) is 39.5 Å². The average Bonchev–Trinajstić information content (AvgIpc) is 3.34. The molecule has 2 aliphatic heterocycles. The molecule has 0 N–H and O–H groups in total. The molecule has 0 fully saturated rings. The third-order valence-electron chi connectivity index (χ3n) is 6.47. The van der Waals surface area contributed by atoms with Gasteiger partial charge in [0.1, 0.15) is 18.0 Å². The van der Waals surface area contributed by atoms with Gasteiger partial charge in [-0.2, -0.15) is 0 Å². The molecule has 0 saturated carbocycles. The number of hydrogen-bond acceptors (Lipinski definition) is 8. The van der Waals surface area contributed by atoms with Gasteiger partial charge in [-0.3, -0.25) is 4.79 Å². The predicted octanol–water partition coefficient (Wildman–Crippen LogP) is 0.0169. The second-order valence-corrected chi connectivity index (χ2v) is 8.72. The van der Waals surface area contributed by atoms with Gasteiger partial charge in [-0.05, 0) is 29.8 Å². The van der Waals surface area contributed by atoms with E-state index in [4.69, 9.17) is 28.4 Å². The highest BCUT2D eigenvalue weighted by atomic mass is 79.9. The van der Waals surface area contributed by atoms with Gasteiger partial charge in [0.15, 0.2) is 23.8 Å². The highest BCUT2D eigenvalue weighted by molar-refractivity contribution is 6.11. The number of fused-ring (bicyclic) bond motifs is 2. The quantitative estimate of drug-likeness (QED) is 0.192. The van der Waals surface area contributed by atoms with E-state index in [9.17, 15) is 9.59 Å². The molecule has 0 aliphatic carbocycles. The number of ketones is 1. The second kappa shape index (κ2) is 11.2. The Morgan fingerprint density at radius 3 is 2.44 bits per heavy atom. The second-order valence-electron chi connectivity index (χ2n) is 8.72. The highest BCUT2D eigenvalue weighted by Gasteiger charge is 2.40. The number of rotatable bonds is 8. The molecule has 9 nitrogen and oxygen atoms in total. The number of carbonyl (C=O) groups excluding carboxylic acids is 2. The molecule has 0 aromatic heterocycles. The fraction of sp³-hybridized carbons (Fsp3) is 0.385. The van der Waals surface area contributed by atoms with Gasteiger partial charge in [0.25, 0.3) is 0 Å². The van der Waals surface area contributed by atoms with Gasteiger partial charge in [0.05, 0.1) is 53.2 Å². The van der Waals surface area contributed by atoms with E-state index in [-0.39, 0.29) is 42.1 Å². The minimum atomic E-state index is -0.289. The summed E-state index contributed by atoms with van der Waals surface area (Å²) < 4.78 is 33.2. The number of hydrogen-bond donors (Lipinski definition) is 0. The lowest BCUT2D eigenvalue weighted by Crippen LogP contribution is -3.00. The lowest BCUT2D eigenvalue weighted by atomic mass is 9.88. The van der Waals surface area contributed by atoms with Crippen molar-refractivity contribution in [3.8, 4) is 28.7 Å². The Balaban J connectivity index is 0.00000361. The van der Waals surface area contributed by atoms with E-state index in [0.29, 0.717) is 58.3 Å². The van der Waals surface area contributed by atoms with Crippen LogP contribution in [0.1, 0.15) is 27.0 Å². The monoisotopic (exact) mass is 563 g/mol. The van der Waals surface area contributed by atoms with E-state index in [1.165, 1.54) is 13.2 Å². The zero-order valence-corrected chi connectivity index (χ0v) is 22.6. The minimum Gasteiger partial charge on any atom is -1.00 e. The van der Waals surface area contributed by atoms with Crippen molar-refractivity contribution in [1.29, 1.82) is 0 Å². The number of benzene rings is 2. The van der Waals surface area contributed by atoms with Crippen molar-refractivity contribution in [3.05, 3.63) is 46.5 Å². The molecule has 0 saturated heterocycles. The van der Waals surface area contributed by atoms with Crippen LogP contribution in [0.2, 0.25) is 0 Å². The topological polar surface area (TPSA) is 89.5 Å². The lowest BCUT2D eigenvalue weighted by Gasteiger charge is -2.38. The van der Waals surface area contributed by atoms with Gasteiger partial charge in [0, 0.05) is 18.1 Å². The summed E-state index contributed by atoms with van der Waals surface area (Å²) in [4.78, 5) is 25.6. The van der Waals surface area contributed by atoms with Crippen LogP contribution in [0.25, 0.3) is 6.08 Å². The average molecular weight is 564 g/mol. The largest absolute Gasteiger partial charge is 1.00 e. The van der Waals surface area contributed by atoms with Crippen molar-refractivity contribution < 1.29 is 59.5 Å². The van der Waals surface area contributed by atoms with Gasteiger partial charge in [-0.1, -0.05) is 0 Å². The number of nitrogens with zero attached hydrogens (tertiary/aromatic N) is 1. The Hall–Kier alpha value is -3.24.